The second-order valence-corrected chi connectivity index (χ2v) is 5.93. The van der Waals surface area contributed by atoms with Crippen LogP contribution < -0.4 is 9.47 Å². The fourth-order valence-electron chi connectivity index (χ4n) is 2.43. The second kappa shape index (κ2) is 7.36. The summed E-state index contributed by atoms with van der Waals surface area (Å²) in [5.74, 6) is 1.65. The molecule has 122 valence electrons. The van der Waals surface area contributed by atoms with E-state index >= 15 is 0 Å². The van der Waals surface area contributed by atoms with Gasteiger partial charge in [0.05, 0.1) is 14.2 Å². The first kappa shape index (κ1) is 16.3. The Hall–Kier alpha value is -2.53. The van der Waals surface area contributed by atoms with Crippen LogP contribution in [0.2, 0.25) is 0 Å². The molecule has 1 heterocycles. The minimum atomic E-state index is 0.818. The van der Waals surface area contributed by atoms with Crippen molar-refractivity contribution in [3.8, 4) is 33.9 Å². The van der Waals surface area contributed by atoms with Crippen molar-refractivity contribution >= 4 is 11.8 Å². The lowest BCUT2D eigenvalue weighted by Crippen LogP contribution is -1.95. The van der Waals surface area contributed by atoms with Crippen LogP contribution in [0.25, 0.3) is 22.4 Å². The molecule has 4 nitrogen and oxygen atoms in total. The van der Waals surface area contributed by atoms with Crippen LogP contribution in [-0.2, 0) is 0 Å². The van der Waals surface area contributed by atoms with E-state index in [1.807, 2.05) is 54.8 Å². The van der Waals surface area contributed by atoms with Crippen molar-refractivity contribution in [2.45, 2.75) is 5.03 Å². The van der Waals surface area contributed by atoms with Gasteiger partial charge >= 0.3 is 0 Å². The fourth-order valence-corrected chi connectivity index (χ4v) is 2.78. The predicted octanol–water partition coefficient (Wildman–Crippen LogP) is 4.55. The Labute approximate surface area is 145 Å². The summed E-state index contributed by atoms with van der Waals surface area (Å²) in [7, 11) is 3.32. The number of ether oxygens (including phenoxy) is 2. The Morgan fingerprint density at radius 1 is 0.750 bits per heavy atom. The summed E-state index contributed by atoms with van der Waals surface area (Å²) < 4.78 is 10.5. The number of rotatable bonds is 5. The SMILES string of the molecule is COc1ccc(-c2cc(SC)nnc2-c2ccc(OC)cc2)cc1. The summed E-state index contributed by atoms with van der Waals surface area (Å²) in [5, 5.41) is 9.63. The highest BCUT2D eigenvalue weighted by Crippen LogP contribution is 2.33. The first-order valence-corrected chi connectivity index (χ1v) is 8.68. The van der Waals surface area contributed by atoms with Crippen molar-refractivity contribution in [1.82, 2.24) is 10.2 Å². The molecule has 0 bridgehead atoms. The zero-order chi connectivity index (χ0) is 16.9. The molecule has 0 spiro atoms. The van der Waals surface area contributed by atoms with Gasteiger partial charge in [-0.1, -0.05) is 12.1 Å². The Kier molecular flexibility index (Phi) is 5.01. The molecule has 24 heavy (non-hydrogen) atoms. The van der Waals surface area contributed by atoms with Crippen LogP contribution in [0.4, 0.5) is 0 Å². The van der Waals surface area contributed by atoms with E-state index < -0.39 is 0 Å². The average molecular weight is 338 g/mol. The van der Waals surface area contributed by atoms with Gasteiger partial charge in [0, 0.05) is 11.1 Å². The van der Waals surface area contributed by atoms with Gasteiger partial charge in [-0.2, -0.15) is 0 Å². The molecule has 3 aromatic rings. The van der Waals surface area contributed by atoms with E-state index in [9.17, 15) is 0 Å². The molecule has 0 unspecified atom stereocenters. The summed E-state index contributed by atoms with van der Waals surface area (Å²) >= 11 is 1.58. The van der Waals surface area contributed by atoms with Crippen LogP contribution in [0.15, 0.2) is 59.6 Å². The Bertz CT molecular complexity index is 818. The van der Waals surface area contributed by atoms with Gasteiger partial charge in [0.25, 0.3) is 0 Å². The van der Waals surface area contributed by atoms with E-state index in [-0.39, 0.29) is 0 Å². The molecule has 0 aliphatic rings. The molecule has 5 heteroatoms. The van der Waals surface area contributed by atoms with Crippen molar-refractivity contribution < 1.29 is 9.47 Å². The Morgan fingerprint density at radius 2 is 1.29 bits per heavy atom. The maximum Gasteiger partial charge on any atom is 0.119 e. The molecule has 0 aliphatic heterocycles. The van der Waals surface area contributed by atoms with Gasteiger partial charge in [-0.05, 0) is 54.3 Å². The predicted molar refractivity (Wildman–Crippen MR) is 97.8 cm³/mol. The molecule has 3 rings (SSSR count). The molecule has 0 fully saturated rings. The van der Waals surface area contributed by atoms with E-state index in [4.69, 9.17) is 9.47 Å². The van der Waals surface area contributed by atoms with Gasteiger partial charge in [0.1, 0.15) is 22.2 Å². The highest BCUT2D eigenvalue weighted by molar-refractivity contribution is 7.98. The number of thioether (sulfide) groups is 1. The minimum Gasteiger partial charge on any atom is -0.497 e. The Balaban J connectivity index is 2.10. The van der Waals surface area contributed by atoms with E-state index in [1.165, 1.54) is 0 Å². The van der Waals surface area contributed by atoms with Crippen molar-refractivity contribution in [3.05, 3.63) is 54.6 Å². The molecule has 0 saturated heterocycles. The van der Waals surface area contributed by atoms with Gasteiger partial charge in [-0.15, -0.1) is 22.0 Å². The first-order chi connectivity index (χ1) is 11.7. The standard InChI is InChI=1S/C19H18N2O2S/c1-22-15-8-4-13(5-9-15)17-12-18(24-3)20-21-19(17)14-6-10-16(23-2)11-7-14/h4-12H,1-3H3. The third-order valence-corrected chi connectivity index (χ3v) is 4.36. The number of nitrogens with zero attached hydrogens (tertiary/aromatic N) is 2. The van der Waals surface area contributed by atoms with Crippen LogP contribution in [0.3, 0.4) is 0 Å². The molecule has 0 radical (unpaired) electrons. The summed E-state index contributed by atoms with van der Waals surface area (Å²) in [4.78, 5) is 0. The van der Waals surface area contributed by atoms with Crippen LogP contribution in [0.1, 0.15) is 0 Å². The minimum absolute atomic E-state index is 0.818. The summed E-state index contributed by atoms with van der Waals surface area (Å²) in [6.45, 7) is 0. The zero-order valence-electron chi connectivity index (χ0n) is 13.8. The average Bonchev–Trinajstić information content (AvgIpc) is 2.67. The zero-order valence-corrected chi connectivity index (χ0v) is 14.6. The molecule has 0 saturated carbocycles. The van der Waals surface area contributed by atoms with E-state index in [1.54, 1.807) is 26.0 Å². The van der Waals surface area contributed by atoms with Crippen LogP contribution in [0, 0.1) is 0 Å². The smallest absolute Gasteiger partial charge is 0.119 e. The van der Waals surface area contributed by atoms with Crippen LogP contribution in [-0.4, -0.2) is 30.7 Å². The van der Waals surface area contributed by atoms with Crippen molar-refractivity contribution in [2.75, 3.05) is 20.5 Å². The van der Waals surface area contributed by atoms with E-state index in [0.29, 0.717) is 0 Å². The number of benzene rings is 2. The Morgan fingerprint density at radius 3 is 1.79 bits per heavy atom. The second-order valence-electron chi connectivity index (χ2n) is 5.11. The lowest BCUT2D eigenvalue weighted by Gasteiger charge is -2.11. The number of hydrogen-bond acceptors (Lipinski definition) is 5. The van der Waals surface area contributed by atoms with Gasteiger partial charge in [0.15, 0.2) is 0 Å². The topological polar surface area (TPSA) is 44.2 Å². The number of hydrogen-bond donors (Lipinski definition) is 0. The summed E-state index contributed by atoms with van der Waals surface area (Å²) in [6, 6.07) is 17.9. The molecule has 0 amide bonds. The number of aromatic nitrogens is 2. The third kappa shape index (κ3) is 3.36. The molecular formula is C19H18N2O2S. The first-order valence-electron chi connectivity index (χ1n) is 7.45. The quantitative estimate of drug-likeness (QED) is 0.639. The maximum atomic E-state index is 5.24. The van der Waals surface area contributed by atoms with E-state index in [2.05, 4.69) is 16.3 Å². The van der Waals surface area contributed by atoms with E-state index in [0.717, 1.165) is 38.9 Å². The molecular weight excluding hydrogens is 320 g/mol. The third-order valence-electron chi connectivity index (χ3n) is 3.75. The van der Waals surface area contributed by atoms with Gasteiger partial charge in [-0.3, -0.25) is 0 Å². The summed E-state index contributed by atoms with van der Waals surface area (Å²) in [5.41, 5.74) is 3.97. The molecule has 0 N–H and O–H groups in total. The van der Waals surface area contributed by atoms with Gasteiger partial charge < -0.3 is 9.47 Å². The normalized spacial score (nSPS) is 10.5. The van der Waals surface area contributed by atoms with Gasteiger partial charge in [0.2, 0.25) is 0 Å². The number of methoxy groups -OCH3 is 2. The molecule has 2 aromatic carbocycles. The monoisotopic (exact) mass is 338 g/mol. The van der Waals surface area contributed by atoms with Crippen molar-refractivity contribution in [2.24, 2.45) is 0 Å². The lowest BCUT2D eigenvalue weighted by molar-refractivity contribution is 0.414. The maximum absolute atomic E-state index is 5.24. The largest absolute Gasteiger partial charge is 0.497 e. The fraction of sp³-hybridized carbons (Fsp3) is 0.158. The summed E-state index contributed by atoms with van der Waals surface area (Å²) in [6.07, 6.45) is 1.99. The van der Waals surface area contributed by atoms with Crippen LogP contribution in [0.5, 0.6) is 11.5 Å². The van der Waals surface area contributed by atoms with Crippen molar-refractivity contribution in [1.29, 1.82) is 0 Å². The molecule has 1 aromatic heterocycles. The van der Waals surface area contributed by atoms with Crippen molar-refractivity contribution in [3.63, 3.8) is 0 Å². The lowest BCUT2D eigenvalue weighted by atomic mass is 10.00. The highest BCUT2D eigenvalue weighted by atomic mass is 32.2. The molecule has 0 aliphatic carbocycles. The van der Waals surface area contributed by atoms with Crippen LogP contribution >= 0.6 is 11.8 Å². The highest BCUT2D eigenvalue weighted by Gasteiger charge is 2.12. The van der Waals surface area contributed by atoms with Gasteiger partial charge in [-0.25, -0.2) is 0 Å². The molecule has 0 atom stereocenters.